The van der Waals surface area contributed by atoms with Gasteiger partial charge >= 0.3 is 5.97 Å². The van der Waals surface area contributed by atoms with Gasteiger partial charge in [0, 0.05) is 11.3 Å². The van der Waals surface area contributed by atoms with Crippen LogP contribution in [0.15, 0.2) is 42.5 Å². The normalized spacial score (nSPS) is 10.1. The first-order chi connectivity index (χ1) is 10.5. The fourth-order valence-corrected chi connectivity index (χ4v) is 2.06. The van der Waals surface area contributed by atoms with E-state index < -0.39 is 5.97 Å². The van der Waals surface area contributed by atoms with Crippen LogP contribution in [-0.2, 0) is 0 Å². The van der Waals surface area contributed by atoms with Gasteiger partial charge in [-0.3, -0.25) is 4.79 Å². The van der Waals surface area contributed by atoms with Crippen molar-refractivity contribution >= 4 is 29.2 Å². The van der Waals surface area contributed by atoms with Crippen molar-refractivity contribution in [2.24, 2.45) is 0 Å². The molecule has 22 heavy (non-hydrogen) atoms. The van der Waals surface area contributed by atoms with Gasteiger partial charge in [-0.25, -0.2) is 4.79 Å². The van der Waals surface area contributed by atoms with E-state index in [4.69, 9.17) is 21.4 Å². The number of halogens is 1. The maximum absolute atomic E-state index is 12.2. The lowest BCUT2D eigenvalue weighted by molar-refractivity contribution is 0.0696. The topological polar surface area (TPSA) is 75.6 Å². The number of carboxylic acid groups (broad SMARTS) is 1. The van der Waals surface area contributed by atoms with Gasteiger partial charge in [-0.15, -0.1) is 0 Å². The van der Waals surface area contributed by atoms with E-state index in [1.54, 1.807) is 30.3 Å². The third-order valence-electron chi connectivity index (χ3n) is 2.86. The summed E-state index contributed by atoms with van der Waals surface area (Å²) in [4.78, 5) is 23.2. The van der Waals surface area contributed by atoms with Crippen molar-refractivity contribution in [2.75, 3.05) is 11.9 Å². The first kappa shape index (κ1) is 15.9. The number of amides is 1. The van der Waals surface area contributed by atoms with Crippen molar-refractivity contribution in [3.05, 3.63) is 58.6 Å². The molecule has 0 spiro atoms. The second kappa shape index (κ2) is 6.95. The molecule has 0 heterocycles. The van der Waals surface area contributed by atoms with Crippen LogP contribution in [0.25, 0.3) is 0 Å². The fraction of sp³-hybridized carbons (Fsp3) is 0.125. The highest BCUT2D eigenvalue weighted by Crippen LogP contribution is 2.21. The highest BCUT2D eigenvalue weighted by atomic mass is 35.5. The predicted molar refractivity (Wildman–Crippen MR) is 84.0 cm³/mol. The lowest BCUT2D eigenvalue weighted by Crippen LogP contribution is -2.12. The van der Waals surface area contributed by atoms with Crippen molar-refractivity contribution in [2.45, 2.75) is 6.92 Å². The molecule has 0 saturated carbocycles. The summed E-state index contributed by atoms with van der Waals surface area (Å²) in [5, 5.41) is 11.8. The maximum Gasteiger partial charge on any atom is 0.337 e. The lowest BCUT2D eigenvalue weighted by atomic mass is 10.1. The molecule has 0 atom stereocenters. The van der Waals surface area contributed by atoms with Crippen molar-refractivity contribution in [3.63, 3.8) is 0 Å². The Labute approximate surface area is 132 Å². The van der Waals surface area contributed by atoms with Gasteiger partial charge in [0.15, 0.2) is 0 Å². The van der Waals surface area contributed by atoms with Crippen LogP contribution in [0.1, 0.15) is 27.6 Å². The summed E-state index contributed by atoms with van der Waals surface area (Å²) in [5.74, 6) is -0.919. The van der Waals surface area contributed by atoms with Crippen LogP contribution >= 0.6 is 11.6 Å². The molecule has 2 N–H and O–H groups in total. The zero-order chi connectivity index (χ0) is 16.1. The third kappa shape index (κ3) is 3.77. The number of nitrogens with one attached hydrogen (secondary N) is 1. The van der Waals surface area contributed by atoms with Crippen molar-refractivity contribution in [1.82, 2.24) is 0 Å². The molecular weight excluding hydrogens is 306 g/mol. The SMILES string of the molecule is CCOc1cccc(C(=O)Nc2ccc(Cl)c(C(=O)O)c2)c1. The Morgan fingerprint density at radius 3 is 2.68 bits per heavy atom. The minimum Gasteiger partial charge on any atom is -0.494 e. The molecule has 0 fully saturated rings. The zero-order valence-electron chi connectivity index (χ0n) is 11.8. The van der Waals surface area contributed by atoms with Gasteiger partial charge in [-0.2, -0.15) is 0 Å². The van der Waals surface area contributed by atoms with Gasteiger partial charge in [-0.1, -0.05) is 17.7 Å². The number of hydrogen-bond acceptors (Lipinski definition) is 3. The summed E-state index contributed by atoms with van der Waals surface area (Å²) in [5.41, 5.74) is 0.703. The predicted octanol–water partition coefficient (Wildman–Crippen LogP) is 3.69. The monoisotopic (exact) mass is 319 g/mol. The van der Waals surface area contributed by atoms with Gasteiger partial charge in [-0.05, 0) is 43.3 Å². The molecule has 1 amide bonds. The van der Waals surface area contributed by atoms with E-state index >= 15 is 0 Å². The highest BCUT2D eigenvalue weighted by Gasteiger charge is 2.12. The van der Waals surface area contributed by atoms with Gasteiger partial charge in [0.1, 0.15) is 5.75 Å². The van der Waals surface area contributed by atoms with E-state index in [0.717, 1.165) is 0 Å². The number of aromatic carboxylic acids is 1. The molecule has 0 radical (unpaired) electrons. The fourth-order valence-electron chi connectivity index (χ4n) is 1.86. The second-order valence-corrected chi connectivity index (χ2v) is 4.82. The summed E-state index contributed by atoms with van der Waals surface area (Å²) < 4.78 is 5.34. The summed E-state index contributed by atoms with van der Waals surface area (Å²) in [7, 11) is 0. The molecule has 114 valence electrons. The Bertz CT molecular complexity index is 715. The average Bonchev–Trinajstić information content (AvgIpc) is 2.49. The molecule has 6 heteroatoms. The molecule has 0 aliphatic rings. The van der Waals surface area contributed by atoms with Gasteiger partial charge < -0.3 is 15.2 Å². The molecule has 2 aromatic carbocycles. The molecule has 0 bridgehead atoms. The van der Waals surface area contributed by atoms with Crippen LogP contribution in [0.3, 0.4) is 0 Å². The smallest absolute Gasteiger partial charge is 0.337 e. The summed E-state index contributed by atoms with van der Waals surface area (Å²) in [6.45, 7) is 2.36. The summed E-state index contributed by atoms with van der Waals surface area (Å²) >= 11 is 5.79. The summed E-state index contributed by atoms with van der Waals surface area (Å²) in [6, 6.07) is 11.0. The van der Waals surface area contributed by atoms with E-state index in [9.17, 15) is 9.59 Å². The van der Waals surface area contributed by atoms with Crippen molar-refractivity contribution < 1.29 is 19.4 Å². The lowest BCUT2D eigenvalue weighted by Gasteiger charge is -2.09. The van der Waals surface area contributed by atoms with E-state index in [1.807, 2.05) is 6.92 Å². The first-order valence-corrected chi connectivity index (χ1v) is 6.96. The Hall–Kier alpha value is -2.53. The Kier molecular flexibility index (Phi) is 5.01. The number of carbonyl (C=O) groups is 2. The van der Waals surface area contributed by atoms with Crippen molar-refractivity contribution in [1.29, 1.82) is 0 Å². The zero-order valence-corrected chi connectivity index (χ0v) is 12.6. The van der Waals surface area contributed by atoms with Crippen LogP contribution in [-0.4, -0.2) is 23.6 Å². The van der Waals surface area contributed by atoms with Crippen LogP contribution in [0.2, 0.25) is 5.02 Å². The number of rotatable bonds is 5. The van der Waals surface area contributed by atoms with Gasteiger partial charge in [0.25, 0.3) is 5.91 Å². The van der Waals surface area contributed by atoms with Crippen molar-refractivity contribution in [3.8, 4) is 5.75 Å². The number of anilines is 1. The Morgan fingerprint density at radius 1 is 1.23 bits per heavy atom. The van der Waals surface area contributed by atoms with Crippen LogP contribution in [0, 0.1) is 0 Å². The average molecular weight is 320 g/mol. The number of carboxylic acids is 1. The largest absolute Gasteiger partial charge is 0.494 e. The Morgan fingerprint density at radius 2 is 2.00 bits per heavy atom. The maximum atomic E-state index is 12.2. The Balaban J connectivity index is 2.20. The molecule has 2 rings (SSSR count). The van der Waals surface area contributed by atoms with Crippen LogP contribution in [0.5, 0.6) is 5.75 Å². The minimum absolute atomic E-state index is 0.0671. The molecule has 0 aliphatic carbocycles. The quantitative estimate of drug-likeness (QED) is 0.881. The number of benzene rings is 2. The number of carbonyl (C=O) groups excluding carboxylic acids is 1. The van der Waals surface area contributed by atoms with E-state index in [0.29, 0.717) is 23.6 Å². The molecule has 0 unspecified atom stereocenters. The number of ether oxygens (including phenoxy) is 1. The molecule has 2 aromatic rings. The standard InChI is InChI=1S/C16H14ClNO4/c1-2-22-12-5-3-4-10(8-12)15(19)18-11-6-7-14(17)13(9-11)16(20)21/h3-9H,2H2,1H3,(H,18,19)(H,20,21). The number of hydrogen-bond donors (Lipinski definition) is 2. The van der Waals surface area contributed by atoms with E-state index in [-0.39, 0.29) is 16.5 Å². The van der Waals surface area contributed by atoms with Crippen LogP contribution < -0.4 is 10.1 Å². The molecule has 0 saturated heterocycles. The van der Waals surface area contributed by atoms with E-state index in [2.05, 4.69) is 5.32 Å². The van der Waals surface area contributed by atoms with Gasteiger partial charge in [0.05, 0.1) is 17.2 Å². The minimum atomic E-state index is -1.15. The van der Waals surface area contributed by atoms with Crippen LogP contribution in [0.4, 0.5) is 5.69 Å². The molecule has 0 aromatic heterocycles. The second-order valence-electron chi connectivity index (χ2n) is 4.41. The molecule has 0 aliphatic heterocycles. The molecular formula is C16H14ClNO4. The van der Waals surface area contributed by atoms with Gasteiger partial charge in [0.2, 0.25) is 0 Å². The highest BCUT2D eigenvalue weighted by molar-refractivity contribution is 6.33. The van der Waals surface area contributed by atoms with E-state index in [1.165, 1.54) is 12.1 Å². The third-order valence-corrected chi connectivity index (χ3v) is 3.19. The first-order valence-electron chi connectivity index (χ1n) is 6.58. The summed E-state index contributed by atoms with van der Waals surface area (Å²) in [6.07, 6.45) is 0. The molecule has 5 nitrogen and oxygen atoms in total.